The monoisotopic (exact) mass is 407 g/mol. The Labute approximate surface area is 161 Å². The number of hydrogen-bond acceptors (Lipinski definition) is 4. The molecule has 1 heterocycles. The van der Waals surface area contributed by atoms with Crippen molar-refractivity contribution in [3.63, 3.8) is 0 Å². The van der Waals surface area contributed by atoms with Crippen LogP contribution in [0.4, 0.5) is 15.8 Å². The zero-order chi connectivity index (χ0) is 19.7. The average Bonchev–Trinajstić information content (AvgIpc) is 2.58. The van der Waals surface area contributed by atoms with Crippen LogP contribution in [0.5, 0.6) is 0 Å². The van der Waals surface area contributed by atoms with Crippen LogP contribution in [0.15, 0.2) is 36.5 Å². The van der Waals surface area contributed by atoms with Crippen molar-refractivity contribution in [3.05, 3.63) is 64.1 Å². The maximum atomic E-state index is 14.4. The Morgan fingerprint density at radius 2 is 2.15 bits per heavy atom. The molecule has 3 aromatic rings. The summed E-state index contributed by atoms with van der Waals surface area (Å²) in [6.45, 7) is 1.78. The Hall–Kier alpha value is -2.55. The first-order chi connectivity index (χ1) is 12.8. The molecule has 0 saturated carbocycles. The Morgan fingerprint density at radius 1 is 1.41 bits per heavy atom. The summed E-state index contributed by atoms with van der Waals surface area (Å²) in [5.74, 6) is -1.52. The molecule has 1 amide bonds. The molecule has 1 unspecified atom stereocenters. The van der Waals surface area contributed by atoms with E-state index in [9.17, 15) is 17.9 Å². The van der Waals surface area contributed by atoms with E-state index < -0.39 is 22.8 Å². The van der Waals surface area contributed by atoms with E-state index >= 15 is 0 Å². The normalized spacial score (nSPS) is 12.1. The van der Waals surface area contributed by atoms with Crippen molar-refractivity contribution < 1.29 is 17.9 Å². The summed E-state index contributed by atoms with van der Waals surface area (Å²) in [6, 6.07) is 7.79. The molecule has 2 aromatic carbocycles. The van der Waals surface area contributed by atoms with Crippen LogP contribution in [-0.4, -0.2) is 19.7 Å². The predicted molar refractivity (Wildman–Crippen MR) is 104 cm³/mol. The molecule has 0 fully saturated rings. The number of halogens is 2. The van der Waals surface area contributed by atoms with Crippen LogP contribution in [0.2, 0.25) is 5.02 Å². The molecule has 6 nitrogen and oxygen atoms in total. The van der Waals surface area contributed by atoms with Gasteiger partial charge in [0.2, 0.25) is 0 Å². The van der Waals surface area contributed by atoms with Gasteiger partial charge in [0.05, 0.1) is 33.2 Å². The largest absolute Gasteiger partial charge is 0.365 e. The lowest BCUT2D eigenvalue weighted by Crippen LogP contribution is -2.14. The molecule has 27 heavy (non-hydrogen) atoms. The maximum Gasteiger partial charge on any atom is 0.252 e. The minimum atomic E-state index is -2.04. The topological polar surface area (TPSA) is 105 Å². The van der Waals surface area contributed by atoms with Crippen LogP contribution in [-0.2, 0) is 16.8 Å². The molecular formula is C18H15ClFN3O3S. The van der Waals surface area contributed by atoms with Gasteiger partial charge in [-0.05, 0) is 36.2 Å². The van der Waals surface area contributed by atoms with Crippen molar-refractivity contribution in [1.82, 2.24) is 4.98 Å². The van der Waals surface area contributed by atoms with Gasteiger partial charge < -0.3 is 15.6 Å². The molecule has 3 rings (SSSR count). The van der Waals surface area contributed by atoms with Crippen molar-refractivity contribution in [2.75, 3.05) is 5.32 Å². The first-order valence-corrected chi connectivity index (χ1v) is 9.44. The standard InChI is InChI=1S/C18H15ClFN3O3S/c1-9-5-10(8-27(25)26)6-11-16(9)22-7-12(18(21)24)17(11)23-14-4-2-3-13(19)15(14)20/h2-7H,8H2,1H3,(H2,21,24)(H,22,23)(H,25,26). The Balaban J connectivity index is 2.27. The first kappa shape index (κ1) is 19.2. The van der Waals surface area contributed by atoms with Gasteiger partial charge in [-0.3, -0.25) is 9.78 Å². The van der Waals surface area contributed by atoms with Crippen LogP contribution in [0.1, 0.15) is 21.5 Å². The van der Waals surface area contributed by atoms with Gasteiger partial charge in [0, 0.05) is 11.6 Å². The van der Waals surface area contributed by atoms with Crippen LogP contribution in [0, 0.1) is 12.7 Å². The predicted octanol–water partition coefficient (Wildman–Crippen LogP) is 3.90. The van der Waals surface area contributed by atoms with Crippen LogP contribution >= 0.6 is 11.6 Å². The number of anilines is 2. The number of aromatic nitrogens is 1. The summed E-state index contributed by atoms with van der Waals surface area (Å²) in [6.07, 6.45) is 1.31. The number of carbonyl (C=O) groups is 1. The molecule has 9 heteroatoms. The second kappa shape index (κ2) is 7.59. The zero-order valence-electron chi connectivity index (χ0n) is 14.1. The number of amides is 1. The molecule has 4 N–H and O–H groups in total. The number of hydrogen-bond donors (Lipinski definition) is 3. The SMILES string of the molecule is Cc1cc(CS(=O)O)cc2c(Nc3cccc(Cl)c3F)c(C(N)=O)cnc12. The third-order valence-corrected chi connectivity index (χ3v) is 4.86. The van der Waals surface area contributed by atoms with Gasteiger partial charge in [0.1, 0.15) is 0 Å². The van der Waals surface area contributed by atoms with Gasteiger partial charge >= 0.3 is 0 Å². The smallest absolute Gasteiger partial charge is 0.252 e. The van der Waals surface area contributed by atoms with Crippen molar-refractivity contribution in [2.45, 2.75) is 12.7 Å². The first-order valence-electron chi connectivity index (χ1n) is 7.78. The number of benzene rings is 2. The molecule has 140 valence electrons. The minimum Gasteiger partial charge on any atom is -0.365 e. The number of fused-ring (bicyclic) bond motifs is 1. The van der Waals surface area contributed by atoms with Crippen LogP contribution in [0.3, 0.4) is 0 Å². The van der Waals surface area contributed by atoms with E-state index in [1.165, 1.54) is 18.3 Å². The number of rotatable bonds is 5. The molecule has 1 atom stereocenters. The molecule has 0 spiro atoms. The van der Waals surface area contributed by atoms with E-state index in [-0.39, 0.29) is 27.7 Å². The van der Waals surface area contributed by atoms with Gasteiger partial charge in [0.15, 0.2) is 16.9 Å². The van der Waals surface area contributed by atoms with E-state index in [0.29, 0.717) is 16.5 Å². The molecule has 0 radical (unpaired) electrons. The lowest BCUT2D eigenvalue weighted by atomic mass is 10.0. The molecule has 0 bridgehead atoms. The third kappa shape index (κ3) is 3.92. The van der Waals surface area contributed by atoms with Gasteiger partial charge in [-0.1, -0.05) is 23.7 Å². The van der Waals surface area contributed by atoms with E-state index in [2.05, 4.69) is 10.3 Å². The van der Waals surface area contributed by atoms with E-state index in [1.807, 2.05) is 0 Å². The van der Waals surface area contributed by atoms with Gasteiger partial charge in [-0.2, -0.15) is 0 Å². The maximum absolute atomic E-state index is 14.4. The Morgan fingerprint density at radius 3 is 2.81 bits per heavy atom. The fourth-order valence-corrected chi connectivity index (χ4v) is 3.46. The molecule has 0 aliphatic heterocycles. The summed E-state index contributed by atoms with van der Waals surface area (Å²) < 4.78 is 34.7. The fourth-order valence-electron chi connectivity index (χ4n) is 2.84. The molecule has 0 saturated heterocycles. The molecule has 1 aromatic heterocycles. The zero-order valence-corrected chi connectivity index (χ0v) is 15.7. The van der Waals surface area contributed by atoms with Crippen LogP contribution in [0.25, 0.3) is 10.9 Å². The van der Waals surface area contributed by atoms with Crippen molar-refractivity contribution in [2.24, 2.45) is 5.73 Å². The number of nitrogens with zero attached hydrogens (tertiary/aromatic N) is 1. The van der Waals surface area contributed by atoms with E-state index in [1.54, 1.807) is 25.1 Å². The van der Waals surface area contributed by atoms with Crippen molar-refractivity contribution >= 4 is 50.9 Å². The average molecular weight is 408 g/mol. The minimum absolute atomic E-state index is 0.0588. The molecule has 0 aliphatic rings. The molecule has 0 aliphatic carbocycles. The summed E-state index contributed by atoms with van der Waals surface area (Å²) in [5, 5.41) is 3.28. The molecular weight excluding hydrogens is 393 g/mol. The van der Waals surface area contributed by atoms with E-state index in [4.69, 9.17) is 17.3 Å². The van der Waals surface area contributed by atoms with E-state index in [0.717, 1.165) is 5.56 Å². The number of carbonyl (C=O) groups excluding carboxylic acids is 1. The number of nitrogens with one attached hydrogen (secondary N) is 1. The second-order valence-corrected chi connectivity index (χ2v) is 7.25. The third-order valence-electron chi connectivity index (χ3n) is 3.99. The highest BCUT2D eigenvalue weighted by atomic mass is 35.5. The van der Waals surface area contributed by atoms with Gasteiger partial charge in [0.25, 0.3) is 5.91 Å². The fraction of sp³-hybridized carbons (Fsp3) is 0.111. The number of nitrogens with two attached hydrogens (primary N) is 1. The second-order valence-electron chi connectivity index (χ2n) is 5.91. The Kier molecular flexibility index (Phi) is 5.41. The quantitative estimate of drug-likeness (QED) is 0.556. The summed E-state index contributed by atoms with van der Waals surface area (Å²) in [7, 11) is 0. The van der Waals surface area contributed by atoms with Crippen molar-refractivity contribution in [1.29, 1.82) is 0 Å². The summed E-state index contributed by atoms with van der Waals surface area (Å²) in [5.41, 5.74) is 7.69. The van der Waals surface area contributed by atoms with Gasteiger partial charge in [-0.15, -0.1) is 0 Å². The summed E-state index contributed by atoms with van der Waals surface area (Å²) in [4.78, 5) is 16.2. The number of primary amides is 1. The highest BCUT2D eigenvalue weighted by Gasteiger charge is 2.18. The number of pyridine rings is 1. The lowest BCUT2D eigenvalue weighted by Gasteiger charge is -2.16. The highest BCUT2D eigenvalue weighted by molar-refractivity contribution is 7.78. The van der Waals surface area contributed by atoms with Crippen LogP contribution < -0.4 is 11.1 Å². The highest BCUT2D eigenvalue weighted by Crippen LogP contribution is 2.33. The Bertz CT molecular complexity index is 1090. The van der Waals surface area contributed by atoms with Gasteiger partial charge in [-0.25, -0.2) is 8.60 Å². The lowest BCUT2D eigenvalue weighted by molar-refractivity contribution is 0.100. The number of aryl methyl sites for hydroxylation is 1. The summed E-state index contributed by atoms with van der Waals surface area (Å²) >= 11 is 3.78. The van der Waals surface area contributed by atoms with Crippen molar-refractivity contribution in [3.8, 4) is 0 Å².